The van der Waals surface area contributed by atoms with Gasteiger partial charge in [-0.2, -0.15) is 0 Å². The van der Waals surface area contributed by atoms with Gasteiger partial charge in [-0.1, -0.05) is 42.2 Å². The van der Waals surface area contributed by atoms with Crippen LogP contribution in [0.5, 0.6) is 11.5 Å². The number of carbonyl (C=O) groups excluding carboxylic acids is 2. The Morgan fingerprint density at radius 2 is 2.12 bits per heavy atom. The summed E-state index contributed by atoms with van der Waals surface area (Å²) in [5.74, 6) is -0.0890. The van der Waals surface area contributed by atoms with Gasteiger partial charge in [0.15, 0.2) is 11.5 Å². The van der Waals surface area contributed by atoms with E-state index in [1.807, 2.05) is 0 Å². The molecule has 1 aromatic carbocycles. The van der Waals surface area contributed by atoms with Crippen molar-refractivity contribution < 1.29 is 19.1 Å². The lowest BCUT2D eigenvalue weighted by molar-refractivity contribution is -0.115. The SMILES string of the molecule is COc1cccc(C=C2SC(=S)NC2=O)c1OC(=O)c1cccs1. The zero-order valence-electron chi connectivity index (χ0n) is 12.4. The van der Waals surface area contributed by atoms with E-state index in [4.69, 9.17) is 21.7 Å². The number of nitrogens with one attached hydrogen (secondary N) is 1. The van der Waals surface area contributed by atoms with E-state index >= 15 is 0 Å². The summed E-state index contributed by atoms with van der Waals surface area (Å²) in [6, 6.07) is 8.63. The molecule has 1 saturated heterocycles. The lowest BCUT2D eigenvalue weighted by Crippen LogP contribution is -2.17. The van der Waals surface area contributed by atoms with Crippen LogP contribution in [0.15, 0.2) is 40.6 Å². The molecule has 1 amide bonds. The van der Waals surface area contributed by atoms with Gasteiger partial charge in [-0.05, 0) is 23.6 Å². The smallest absolute Gasteiger partial charge is 0.353 e. The molecule has 3 rings (SSSR count). The van der Waals surface area contributed by atoms with Crippen molar-refractivity contribution in [3.05, 3.63) is 51.1 Å². The predicted octanol–water partition coefficient (Wildman–Crippen LogP) is 3.46. The van der Waals surface area contributed by atoms with Crippen LogP contribution in [-0.2, 0) is 4.79 Å². The molecule has 0 atom stereocenters. The lowest BCUT2D eigenvalue weighted by Gasteiger charge is -2.11. The number of para-hydroxylation sites is 1. The zero-order valence-corrected chi connectivity index (χ0v) is 14.8. The number of carbonyl (C=O) groups is 2. The third-order valence-electron chi connectivity index (χ3n) is 3.08. The van der Waals surface area contributed by atoms with Crippen LogP contribution in [0.4, 0.5) is 0 Å². The van der Waals surface area contributed by atoms with Gasteiger partial charge < -0.3 is 14.8 Å². The minimum atomic E-state index is -0.479. The summed E-state index contributed by atoms with van der Waals surface area (Å²) in [7, 11) is 1.49. The summed E-state index contributed by atoms with van der Waals surface area (Å²) < 4.78 is 11.2. The summed E-state index contributed by atoms with van der Waals surface area (Å²) >= 11 is 7.42. The second-order valence-corrected chi connectivity index (χ2v) is 7.26. The number of rotatable bonds is 4. The fourth-order valence-electron chi connectivity index (χ4n) is 2.02. The van der Waals surface area contributed by atoms with E-state index in [9.17, 15) is 9.59 Å². The fourth-order valence-corrected chi connectivity index (χ4v) is 3.65. The van der Waals surface area contributed by atoms with Gasteiger partial charge in [-0.25, -0.2) is 4.79 Å². The van der Waals surface area contributed by atoms with Crippen molar-refractivity contribution in [1.29, 1.82) is 0 Å². The van der Waals surface area contributed by atoms with Crippen molar-refractivity contribution in [2.75, 3.05) is 7.11 Å². The van der Waals surface area contributed by atoms with Crippen LogP contribution in [-0.4, -0.2) is 23.3 Å². The zero-order chi connectivity index (χ0) is 17.1. The molecule has 0 spiro atoms. The molecule has 1 aliphatic rings. The summed E-state index contributed by atoms with van der Waals surface area (Å²) in [5, 5.41) is 4.34. The average molecular weight is 377 g/mol. The molecular weight excluding hydrogens is 366 g/mol. The average Bonchev–Trinajstić information content (AvgIpc) is 3.19. The first-order valence-electron chi connectivity index (χ1n) is 6.76. The highest BCUT2D eigenvalue weighted by Crippen LogP contribution is 2.36. The number of hydrogen-bond acceptors (Lipinski definition) is 7. The second-order valence-electron chi connectivity index (χ2n) is 4.60. The molecule has 0 unspecified atom stereocenters. The number of hydrogen-bond donors (Lipinski definition) is 1. The van der Waals surface area contributed by atoms with E-state index in [1.54, 1.807) is 41.8 Å². The molecule has 24 heavy (non-hydrogen) atoms. The Bertz CT molecular complexity index is 843. The van der Waals surface area contributed by atoms with E-state index in [2.05, 4.69) is 5.32 Å². The number of thiocarbonyl (C=S) groups is 1. The Kier molecular flexibility index (Phi) is 4.98. The second kappa shape index (κ2) is 7.16. The molecule has 1 fully saturated rings. The van der Waals surface area contributed by atoms with E-state index in [0.717, 1.165) is 11.8 Å². The number of thiophene rings is 1. The highest BCUT2D eigenvalue weighted by atomic mass is 32.2. The Balaban J connectivity index is 1.98. The van der Waals surface area contributed by atoms with Gasteiger partial charge in [0.1, 0.15) is 9.20 Å². The first-order chi connectivity index (χ1) is 11.6. The highest BCUT2D eigenvalue weighted by Gasteiger charge is 2.24. The maximum atomic E-state index is 12.3. The van der Waals surface area contributed by atoms with Crippen molar-refractivity contribution in [2.24, 2.45) is 0 Å². The summed E-state index contributed by atoms with van der Waals surface area (Å²) in [4.78, 5) is 25.0. The van der Waals surface area contributed by atoms with Crippen LogP contribution >= 0.6 is 35.3 Å². The van der Waals surface area contributed by atoms with Crippen molar-refractivity contribution >= 4 is 57.6 Å². The number of ether oxygens (including phenoxy) is 2. The Hall–Kier alpha value is -2.16. The fraction of sp³-hybridized carbons (Fsp3) is 0.0625. The third-order valence-corrected chi connectivity index (χ3v) is 5.09. The standard InChI is InChI=1S/C16H11NO4S3/c1-20-10-5-2-4-9(8-12-14(18)17-16(22)24-12)13(10)21-15(19)11-6-3-7-23-11/h2-8H,1H3,(H,17,18,22). The minimum Gasteiger partial charge on any atom is -0.493 e. The molecule has 1 aromatic heterocycles. The molecule has 2 heterocycles. The van der Waals surface area contributed by atoms with Crippen LogP contribution < -0.4 is 14.8 Å². The molecule has 0 radical (unpaired) electrons. The number of amides is 1. The van der Waals surface area contributed by atoms with Gasteiger partial charge in [-0.15, -0.1) is 11.3 Å². The van der Waals surface area contributed by atoms with Crippen LogP contribution in [0.1, 0.15) is 15.2 Å². The Labute approximate surface area is 151 Å². The van der Waals surface area contributed by atoms with E-state index in [-0.39, 0.29) is 11.7 Å². The minimum absolute atomic E-state index is 0.261. The number of benzene rings is 1. The van der Waals surface area contributed by atoms with Gasteiger partial charge in [-0.3, -0.25) is 4.79 Å². The van der Waals surface area contributed by atoms with E-state index in [0.29, 0.717) is 25.4 Å². The molecule has 8 heteroatoms. The highest BCUT2D eigenvalue weighted by molar-refractivity contribution is 8.26. The maximum Gasteiger partial charge on any atom is 0.353 e. The normalized spacial score (nSPS) is 15.5. The van der Waals surface area contributed by atoms with Crippen molar-refractivity contribution in [1.82, 2.24) is 5.32 Å². The van der Waals surface area contributed by atoms with Gasteiger partial charge in [0, 0.05) is 5.56 Å². The van der Waals surface area contributed by atoms with Gasteiger partial charge in [0.25, 0.3) is 5.91 Å². The third kappa shape index (κ3) is 3.50. The summed E-state index contributed by atoms with van der Waals surface area (Å²) in [5.41, 5.74) is 0.557. The van der Waals surface area contributed by atoms with Gasteiger partial charge in [0.05, 0.1) is 12.0 Å². The molecule has 0 bridgehead atoms. The molecular formula is C16H11NO4S3. The Morgan fingerprint density at radius 1 is 1.29 bits per heavy atom. The van der Waals surface area contributed by atoms with E-state index < -0.39 is 5.97 Å². The quantitative estimate of drug-likeness (QED) is 0.381. The monoisotopic (exact) mass is 377 g/mol. The number of methoxy groups -OCH3 is 1. The van der Waals surface area contributed by atoms with Crippen molar-refractivity contribution in [3.63, 3.8) is 0 Å². The van der Waals surface area contributed by atoms with Gasteiger partial charge in [0.2, 0.25) is 0 Å². The first kappa shape index (κ1) is 16.7. The van der Waals surface area contributed by atoms with Crippen LogP contribution in [0.2, 0.25) is 0 Å². The maximum absolute atomic E-state index is 12.3. The predicted molar refractivity (Wildman–Crippen MR) is 98.6 cm³/mol. The van der Waals surface area contributed by atoms with Crippen LogP contribution in [0.25, 0.3) is 6.08 Å². The van der Waals surface area contributed by atoms with Crippen molar-refractivity contribution in [3.8, 4) is 11.5 Å². The summed E-state index contributed by atoms with van der Waals surface area (Å²) in [6.07, 6.45) is 1.62. The first-order valence-corrected chi connectivity index (χ1v) is 8.86. The summed E-state index contributed by atoms with van der Waals surface area (Å²) in [6.45, 7) is 0. The molecule has 0 saturated carbocycles. The lowest BCUT2D eigenvalue weighted by atomic mass is 10.1. The van der Waals surface area contributed by atoms with Gasteiger partial charge >= 0.3 is 5.97 Å². The molecule has 122 valence electrons. The molecule has 0 aliphatic carbocycles. The largest absolute Gasteiger partial charge is 0.493 e. The molecule has 2 aromatic rings. The topological polar surface area (TPSA) is 64.6 Å². The molecule has 1 aliphatic heterocycles. The van der Waals surface area contributed by atoms with Crippen LogP contribution in [0.3, 0.4) is 0 Å². The van der Waals surface area contributed by atoms with Crippen molar-refractivity contribution in [2.45, 2.75) is 0 Å². The number of thioether (sulfide) groups is 1. The molecule has 5 nitrogen and oxygen atoms in total. The van der Waals surface area contributed by atoms with E-state index in [1.165, 1.54) is 18.4 Å². The van der Waals surface area contributed by atoms with Crippen LogP contribution in [0, 0.1) is 0 Å². The number of esters is 1. The molecule has 1 N–H and O–H groups in total. The Morgan fingerprint density at radius 3 is 2.75 bits per heavy atom.